The number of nitrogen functional groups attached to an aromatic ring is 1. The monoisotopic (exact) mass is 259 g/mol. The molecule has 2 heterocycles. The van der Waals surface area contributed by atoms with E-state index in [2.05, 4.69) is 9.88 Å². The van der Waals surface area contributed by atoms with Gasteiger partial charge in [0, 0.05) is 24.3 Å². The number of hydrogen-bond acceptors (Lipinski definition) is 5. The van der Waals surface area contributed by atoms with Gasteiger partial charge in [0.2, 0.25) is 5.89 Å². The molecule has 0 unspecified atom stereocenters. The van der Waals surface area contributed by atoms with E-state index in [1.807, 2.05) is 24.3 Å². The van der Waals surface area contributed by atoms with Gasteiger partial charge in [-0.1, -0.05) is 0 Å². The molecular weight excluding hydrogens is 242 g/mol. The molecule has 1 aromatic carbocycles. The summed E-state index contributed by atoms with van der Waals surface area (Å²) in [6, 6.07) is 7.60. The lowest BCUT2D eigenvalue weighted by Crippen LogP contribution is -2.35. The van der Waals surface area contributed by atoms with E-state index in [4.69, 9.17) is 14.9 Å². The standard InChI is InChI=1S/C14H17N3O2/c15-12-3-1-11(2-4-12)13-9-16-14(19-13)10-17-5-7-18-8-6-17/h1-4,9H,5-8,10,15H2. The molecule has 1 aliphatic rings. The molecule has 19 heavy (non-hydrogen) atoms. The zero-order valence-electron chi connectivity index (χ0n) is 10.7. The maximum atomic E-state index is 5.78. The van der Waals surface area contributed by atoms with Crippen LogP contribution in [0.15, 0.2) is 34.9 Å². The van der Waals surface area contributed by atoms with Crippen molar-refractivity contribution in [1.29, 1.82) is 0 Å². The van der Waals surface area contributed by atoms with Gasteiger partial charge in [-0.2, -0.15) is 0 Å². The Morgan fingerprint density at radius 3 is 2.63 bits per heavy atom. The highest BCUT2D eigenvalue weighted by Gasteiger charge is 2.14. The first-order valence-electron chi connectivity index (χ1n) is 6.42. The number of aromatic nitrogens is 1. The molecule has 100 valence electrons. The van der Waals surface area contributed by atoms with Crippen molar-refractivity contribution >= 4 is 5.69 Å². The van der Waals surface area contributed by atoms with Crippen LogP contribution in [0, 0.1) is 0 Å². The van der Waals surface area contributed by atoms with Crippen LogP contribution in [-0.2, 0) is 11.3 Å². The Kier molecular flexibility index (Phi) is 3.48. The Morgan fingerprint density at radius 2 is 1.89 bits per heavy atom. The predicted octanol–water partition coefficient (Wildman–Crippen LogP) is 1.76. The van der Waals surface area contributed by atoms with Crippen molar-refractivity contribution in [2.75, 3.05) is 32.0 Å². The summed E-state index contributed by atoms with van der Waals surface area (Å²) in [5.41, 5.74) is 7.41. The summed E-state index contributed by atoms with van der Waals surface area (Å²) in [7, 11) is 0. The van der Waals surface area contributed by atoms with Crippen LogP contribution >= 0.6 is 0 Å². The van der Waals surface area contributed by atoms with Crippen molar-refractivity contribution < 1.29 is 9.15 Å². The third-order valence-electron chi connectivity index (χ3n) is 3.21. The molecule has 1 saturated heterocycles. The van der Waals surface area contributed by atoms with Crippen LogP contribution in [0.1, 0.15) is 5.89 Å². The van der Waals surface area contributed by atoms with E-state index in [-0.39, 0.29) is 0 Å². The lowest BCUT2D eigenvalue weighted by molar-refractivity contribution is 0.0306. The fourth-order valence-electron chi connectivity index (χ4n) is 2.11. The Hall–Kier alpha value is -1.85. The fraction of sp³-hybridized carbons (Fsp3) is 0.357. The van der Waals surface area contributed by atoms with Crippen molar-refractivity contribution in [3.63, 3.8) is 0 Å². The molecule has 1 aliphatic heterocycles. The van der Waals surface area contributed by atoms with Gasteiger partial charge < -0.3 is 14.9 Å². The number of oxazole rings is 1. The van der Waals surface area contributed by atoms with Crippen LogP contribution in [0.2, 0.25) is 0 Å². The average Bonchev–Trinajstić information content (AvgIpc) is 2.89. The predicted molar refractivity (Wildman–Crippen MR) is 72.4 cm³/mol. The van der Waals surface area contributed by atoms with E-state index in [9.17, 15) is 0 Å². The maximum Gasteiger partial charge on any atom is 0.209 e. The molecule has 0 atom stereocenters. The molecule has 1 aromatic heterocycles. The van der Waals surface area contributed by atoms with Gasteiger partial charge in [-0.3, -0.25) is 4.90 Å². The molecule has 0 aliphatic carbocycles. The summed E-state index contributed by atoms with van der Waals surface area (Å²) in [6.07, 6.45) is 1.77. The van der Waals surface area contributed by atoms with Crippen molar-refractivity contribution in [3.05, 3.63) is 36.4 Å². The van der Waals surface area contributed by atoms with Crippen LogP contribution < -0.4 is 5.73 Å². The summed E-state index contributed by atoms with van der Waals surface area (Å²) in [5.74, 6) is 1.52. The van der Waals surface area contributed by atoms with E-state index in [1.54, 1.807) is 6.20 Å². The normalized spacial score (nSPS) is 16.6. The second-order valence-corrected chi connectivity index (χ2v) is 4.63. The van der Waals surface area contributed by atoms with Crippen molar-refractivity contribution in [1.82, 2.24) is 9.88 Å². The molecule has 5 nitrogen and oxygen atoms in total. The first kappa shape index (κ1) is 12.2. The summed E-state index contributed by atoms with van der Waals surface area (Å²) in [4.78, 5) is 6.61. The molecule has 0 saturated carbocycles. The molecule has 3 rings (SSSR count). The summed E-state index contributed by atoms with van der Waals surface area (Å²) in [6.45, 7) is 4.16. The first-order chi connectivity index (χ1) is 9.31. The van der Waals surface area contributed by atoms with Gasteiger partial charge in [0.15, 0.2) is 5.76 Å². The second-order valence-electron chi connectivity index (χ2n) is 4.63. The number of nitrogens with two attached hydrogens (primary N) is 1. The van der Waals surface area contributed by atoms with E-state index in [0.717, 1.165) is 55.7 Å². The molecule has 0 amide bonds. The number of benzene rings is 1. The largest absolute Gasteiger partial charge is 0.439 e. The number of hydrogen-bond donors (Lipinski definition) is 1. The summed E-state index contributed by atoms with van der Waals surface area (Å²) < 4.78 is 11.1. The zero-order valence-corrected chi connectivity index (χ0v) is 10.7. The number of rotatable bonds is 3. The van der Waals surface area contributed by atoms with E-state index < -0.39 is 0 Å². The first-order valence-corrected chi connectivity index (χ1v) is 6.42. The van der Waals surface area contributed by atoms with Crippen LogP contribution in [0.4, 0.5) is 5.69 Å². The van der Waals surface area contributed by atoms with Crippen molar-refractivity contribution in [2.24, 2.45) is 0 Å². The quantitative estimate of drug-likeness (QED) is 0.851. The van der Waals surface area contributed by atoms with Crippen LogP contribution in [-0.4, -0.2) is 36.2 Å². The topological polar surface area (TPSA) is 64.5 Å². The highest BCUT2D eigenvalue weighted by Crippen LogP contribution is 2.22. The number of anilines is 1. The van der Waals surface area contributed by atoms with E-state index >= 15 is 0 Å². The lowest BCUT2D eigenvalue weighted by Gasteiger charge is -2.24. The summed E-state index contributed by atoms with van der Waals surface area (Å²) >= 11 is 0. The molecule has 1 fully saturated rings. The molecule has 2 N–H and O–H groups in total. The molecule has 2 aromatic rings. The van der Waals surface area contributed by atoms with Crippen LogP contribution in [0.25, 0.3) is 11.3 Å². The minimum absolute atomic E-state index is 0.734. The smallest absolute Gasteiger partial charge is 0.209 e. The fourth-order valence-corrected chi connectivity index (χ4v) is 2.11. The minimum atomic E-state index is 0.734. The zero-order chi connectivity index (χ0) is 13.1. The van der Waals surface area contributed by atoms with Crippen LogP contribution in [0.3, 0.4) is 0 Å². The number of nitrogens with zero attached hydrogens (tertiary/aromatic N) is 2. The number of morpholine rings is 1. The van der Waals surface area contributed by atoms with E-state index in [1.165, 1.54) is 0 Å². The molecular formula is C14H17N3O2. The van der Waals surface area contributed by atoms with Gasteiger partial charge in [0.25, 0.3) is 0 Å². The Bertz CT molecular complexity index is 530. The molecule has 0 spiro atoms. The summed E-state index contributed by atoms with van der Waals surface area (Å²) in [5, 5.41) is 0. The number of ether oxygens (including phenoxy) is 1. The van der Waals surface area contributed by atoms with E-state index in [0.29, 0.717) is 0 Å². The van der Waals surface area contributed by atoms with Gasteiger partial charge in [-0.05, 0) is 24.3 Å². The third-order valence-corrected chi connectivity index (χ3v) is 3.21. The van der Waals surface area contributed by atoms with Crippen molar-refractivity contribution in [2.45, 2.75) is 6.54 Å². The van der Waals surface area contributed by atoms with Gasteiger partial charge in [-0.25, -0.2) is 4.98 Å². The van der Waals surface area contributed by atoms with Gasteiger partial charge >= 0.3 is 0 Å². The second kappa shape index (κ2) is 5.42. The average molecular weight is 259 g/mol. The Balaban J connectivity index is 1.70. The lowest BCUT2D eigenvalue weighted by atomic mass is 10.2. The third kappa shape index (κ3) is 2.94. The maximum absolute atomic E-state index is 5.78. The Morgan fingerprint density at radius 1 is 1.16 bits per heavy atom. The minimum Gasteiger partial charge on any atom is -0.439 e. The molecule has 0 radical (unpaired) electrons. The van der Waals surface area contributed by atoms with Gasteiger partial charge in [0.05, 0.1) is 26.0 Å². The molecule has 5 heteroatoms. The van der Waals surface area contributed by atoms with Crippen LogP contribution in [0.5, 0.6) is 0 Å². The molecule has 0 bridgehead atoms. The SMILES string of the molecule is Nc1ccc(-c2cnc(CN3CCOCC3)o2)cc1. The Labute approximate surface area is 112 Å². The highest BCUT2D eigenvalue weighted by molar-refractivity contribution is 5.59. The van der Waals surface area contributed by atoms with Gasteiger partial charge in [0.1, 0.15) is 0 Å². The van der Waals surface area contributed by atoms with Gasteiger partial charge in [-0.15, -0.1) is 0 Å². The highest BCUT2D eigenvalue weighted by atomic mass is 16.5. The van der Waals surface area contributed by atoms with Crippen molar-refractivity contribution in [3.8, 4) is 11.3 Å².